The largest absolute Gasteiger partial charge is 0 e. The van der Waals surface area contributed by atoms with Gasteiger partial charge in [-0.2, -0.15) is 0 Å². The SMILES string of the molecule is CC(C)(C)c1pp(C([Si](C)(C)C)[Si](C)(C)C)nc1N1CCCCC1.[C-]#[O+].[C-]#[O+].[C-]#[O+].[C-]#[O+].[C-]#[O+].[W]. The third kappa shape index (κ3) is 16.3. The fourth-order valence-corrected chi connectivity index (χ4v) is 31.9. The van der Waals surface area contributed by atoms with Crippen molar-refractivity contribution in [3.05, 3.63) is 38.5 Å². The first-order valence-electron chi connectivity index (χ1n) is 10.6. The van der Waals surface area contributed by atoms with Crippen LogP contribution in [0.3, 0.4) is 0 Å². The first-order chi connectivity index (χ1) is 15.8. The maximum Gasteiger partial charge on any atom is 0 e. The molecule has 1 aliphatic heterocycles. The maximum absolute atomic E-state index is 7.50. The van der Waals surface area contributed by atoms with Crippen molar-refractivity contribution in [2.45, 2.75) is 89.6 Å². The Bertz CT molecular complexity index is 735. The van der Waals surface area contributed by atoms with E-state index in [1.807, 2.05) is 0 Å². The van der Waals surface area contributed by atoms with E-state index in [4.69, 9.17) is 28.0 Å². The summed E-state index contributed by atoms with van der Waals surface area (Å²) in [6.07, 6.45) is 4.08. The van der Waals surface area contributed by atoms with E-state index in [0.717, 1.165) is 4.91 Å². The van der Waals surface area contributed by atoms with Gasteiger partial charge in [0.1, 0.15) is 5.82 Å². The summed E-state index contributed by atoms with van der Waals surface area (Å²) in [5, 5.41) is 1.64. The van der Waals surface area contributed by atoms with Gasteiger partial charge in [0.25, 0.3) is 0 Å². The Hall–Kier alpha value is -0.238. The van der Waals surface area contributed by atoms with Crippen molar-refractivity contribution < 1.29 is 44.3 Å². The monoisotopic (exact) mass is 724 g/mol. The molecule has 1 saturated heterocycles. The molecular formula is C23H38N2O5P2Si2W. The van der Waals surface area contributed by atoms with E-state index in [-0.39, 0.29) is 33.8 Å². The predicted octanol–water partition coefficient (Wildman–Crippen LogP) is 7.04. The molecule has 194 valence electrons. The molecule has 0 amide bonds. The molecule has 0 spiro atoms. The van der Waals surface area contributed by atoms with E-state index in [0.29, 0.717) is 0 Å². The van der Waals surface area contributed by atoms with Gasteiger partial charge in [-0.3, -0.25) is 0 Å². The molecule has 0 aromatic carbocycles. The summed E-state index contributed by atoms with van der Waals surface area (Å²) < 4.78 is 43.0. The molecular weight excluding hydrogens is 686 g/mol. The second-order valence-electron chi connectivity index (χ2n) is 10.6. The summed E-state index contributed by atoms with van der Waals surface area (Å²) in [5.74, 6) is 1.41. The van der Waals surface area contributed by atoms with E-state index in [2.05, 4.69) is 98.2 Å². The molecule has 35 heavy (non-hydrogen) atoms. The summed E-state index contributed by atoms with van der Waals surface area (Å²) >= 11 is 0. The number of aromatic nitrogens is 1. The third-order valence-corrected chi connectivity index (χ3v) is 25.1. The number of hydrogen-bond donors (Lipinski definition) is 0. The van der Waals surface area contributed by atoms with Crippen LogP contribution < -0.4 is 4.90 Å². The van der Waals surface area contributed by atoms with Crippen LogP contribution >= 0.6 is 15.2 Å². The van der Waals surface area contributed by atoms with Gasteiger partial charge in [-0.15, -0.1) is 0 Å². The predicted molar refractivity (Wildman–Crippen MR) is 140 cm³/mol. The van der Waals surface area contributed by atoms with Gasteiger partial charge in [0.15, 0.2) is 0 Å². The summed E-state index contributed by atoms with van der Waals surface area (Å²) in [6, 6.07) is 0. The van der Waals surface area contributed by atoms with E-state index in [1.165, 1.54) is 38.2 Å². The quantitative estimate of drug-likeness (QED) is 0.188. The molecule has 1 aliphatic rings. The fourth-order valence-electron chi connectivity index (χ4n) is 4.23. The van der Waals surface area contributed by atoms with Gasteiger partial charge in [0.05, 0.1) is 16.1 Å². The fraction of sp³-hybridized carbons (Fsp3) is 0.696. The Kier molecular flexibility index (Phi) is 29.3. The molecule has 2 rings (SSSR count). The Morgan fingerprint density at radius 3 is 1.40 bits per heavy atom. The maximum atomic E-state index is 7.50. The van der Waals surface area contributed by atoms with E-state index in [9.17, 15) is 0 Å². The van der Waals surface area contributed by atoms with Gasteiger partial charge in [-0.25, -0.2) is 4.75 Å². The average molecular weight is 725 g/mol. The van der Waals surface area contributed by atoms with Crippen LogP contribution in [0.1, 0.15) is 50.2 Å². The Morgan fingerprint density at radius 2 is 1.11 bits per heavy atom. The zero-order valence-corrected chi connectivity index (χ0v) is 29.1. The van der Waals surface area contributed by atoms with Crippen molar-refractivity contribution in [3.63, 3.8) is 0 Å². The van der Waals surface area contributed by atoms with Gasteiger partial charge in [-0.1, -0.05) is 60.1 Å². The first kappa shape index (κ1) is 44.7. The molecule has 0 saturated carbocycles. The van der Waals surface area contributed by atoms with Crippen molar-refractivity contribution in [1.29, 1.82) is 0 Å². The molecule has 1 atom stereocenters. The van der Waals surface area contributed by atoms with Crippen LogP contribution in [0.15, 0.2) is 0 Å². The van der Waals surface area contributed by atoms with Gasteiger partial charge >= 0.3 is 56.5 Å². The molecule has 0 N–H and O–H groups in total. The minimum atomic E-state index is -1.21. The summed E-state index contributed by atoms with van der Waals surface area (Å²) in [4.78, 5) is 3.55. The molecule has 0 aliphatic carbocycles. The second-order valence-corrected chi connectivity index (χ2v) is 26.6. The molecule has 1 aromatic rings. The smallest absolute Gasteiger partial charge is 0 e. The summed E-state index contributed by atoms with van der Waals surface area (Å²) in [7, 11) is -1.08. The van der Waals surface area contributed by atoms with Crippen LogP contribution in [0.2, 0.25) is 39.3 Å². The summed E-state index contributed by atoms with van der Waals surface area (Å²) in [6.45, 7) is 47.6. The molecule has 2 heterocycles. The van der Waals surface area contributed by atoms with E-state index in [1.54, 1.807) is 13.2 Å². The zero-order valence-electron chi connectivity index (χ0n) is 22.4. The summed E-state index contributed by atoms with van der Waals surface area (Å²) in [5.41, 5.74) is 0.248. The van der Waals surface area contributed by atoms with Crippen molar-refractivity contribution >= 4 is 37.2 Å². The standard InChI is InChI=1S/C18H38N2P2Si2.5CO.W/c1-18(2,3)15-16(20-13-11-10-12-14-20)19-22(21-15)17(23(4,5)6)24(7,8)9;5*1-2;/h17H,10-14H2,1-9H3;;;;;;. The van der Waals surface area contributed by atoms with Crippen LogP contribution in [0, 0.1) is 33.3 Å². The van der Waals surface area contributed by atoms with Crippen LogP contribution in [-0.2, 0) is 49.7 Å². The van der Waals surface area contributed by atoms with Crippen molar-refractivity contribution in [1.82, 2.24) is 4.75 Å². The van der Waals surface area contributed by atoms with Crippen molar-refractivity contribution in [2.24, 2.45) is 0 Å². The van der Waals surface area contributed by atoms with Gasteiger partial charge in [-0.05, 0) is 39.9 Å². The van der Waals surface area contributed by atoms with Crippen molar-refractivity contribution in [3.8, 4) is 0 Å². The van der Waals surface area contributed by atoms with E-state index >= 15 is 0 Å². The van der Waals surface area contributed by atoms with E-state index < -0.39 is 16.1 Å². The molecule has 0 bridgehead atoms. The Labute approximate surface area is 231 Å². The topological polar surface area (TPSA) is 116 Å². The van der Waals surface area contributed by atoms with Crippen LogP contribution in [-0.4, -0.2) is 34.0 Å². The van der Waals surface area contributed by atoms with Crippen LogP contribution in [0.4, 0.5) is 5.82 Å². The van der Waals surface area contributed by atoms with Crippen LogP contribution in [0.25, 0.3) is 0 Å². The molecule has 12 heteroatoms. The van der Waals surface area contributed by atoms with Gasteiger partial charge < -0.3 is 4.90 Å². The van der Waals surface area contributed by atoms with Gasteiger partial charge in [0.2, 0.25) is 0 Å². The van der Waals surface area contributed by atoms with Crippen LogP contribution in [0.5, 0.6) is 0 Å². The molecule has 7 nitrogen and oxygen atoms in total. The number of piperidine rings is 1. The second kappa shape index (κ2) is 22.9. The Balaban J connectivity index is -0.000000242. The molecule has 1 fully saturated rings. The first-order valence-corrected chi connectivity index (χ1v) is 20.7. The number of anilines is 1. The molecule has 1 aromatic heterocycles. The molecule has 1 unspecified atom stereocenters. The number of nitrogens with zero attached hydrogens (tertiary/aromatic N) is 2. The number of hydrogen-bond acceptors (Lipinski definition) is 2. The zero-order chi connectivity index (χ0) is 28.3. The normalized spacial score (nSPS) is 13.1. The minimum absolute atomic E-state index is 0. The number of rotatable bonds is 4. The molecule has 0 radical (unpaired) electrons. The van der Waals surface area contributed by atoms with Gasteiger partial charge in [0, 0.05) is 44.4 Å². The average Bonchev–Trinajstić information content (AvgIpc) is 3.24. The Morgan fingerprint density at radius 1 is 0.771 bits per heavy atom. The third-order valence-electron chi connectivity index (χ3n) is 4.85. The van der Waals surface area contributed by atoms with Crippen molar-refractivity contribution in [2.75, 3.05) is 18.0 Å². The minimum Gasteiger partial charge on any atom is 0 e.